The highest BCUT2D eigenvalue weighted by atomic mass is 35.5. The fourth-order valence-corrected chi connectivity index (χ4v) is 2.38. The topological polar surface area (TPSA) is 46.6 Å². The number of amides is 1. The predicted molar refractivity (Wildman–Crippen MR) is 78.4 cm³/mol. The van der Waals surface area contributed by atoms with Gasteiger partial charge in [-0.25, -0.2) is 4.39 Å². The van der Waals surface area contributed by atoms with Crippen molar-refractivity contribution in [3.8, 4) is 0 Å². The molecule has 0 unspecified atom stereocenters. The molecule has 1 heterocycles. The van der Waals surface area contributed by atoms with E-state index in [-0.39, 0.29) is 29.4 Å². The number of ether oxygens (including phenoxy) is 1. The number of halogens is 2. The van der Waals surface area contributed by atoms with Crippen molar-refractivity contribution in [2.75, 3.05) is 24.7 Å². The summed E-state index contributed by atoms with van der Waals surface area (Å²) in [6.45, 7) is 5.11. The van der Waals surface area contributed by atoms with Gasteiger partial charge in [-0.2, -0.15) is 0 Å². The van der Waals surface area contributed by atoms with Gasteiger partial charge in [0, 0.05) is 13.2 Å². The summed E-state index contributed by atoms with van der Waals surface area (Å²) in [7, 11) is 0. The summed E-state index contributed by atoms with van der Waals surface area (Å²) < 4.78 is 19.3. The fourth-order valence-electron chi connectivity index (χ4n) is 2.14. The van der Waals surface area contributed by atoms with Gasteiger partial charge in [0.2, 0.25) is 0 Å². The minimum absolute atomic E-state index is 0.0371. The van der Waals surface area contributed by atoms with Crippen molar-refractivity contribution in [2.24, 2.45) is 5.92 Å². The van der Waals surface area contributed by atoms with Crippen LogP contribution in [0.5, 0.6) is 0 Å². The largest absolute Gasteiger partial charge is 0.380 e. The summed E-state index contributed by atoms with van der Waals surface area (Å²) in [4.78, 5) is 24.9. The second-order valence-electron chi connectivity index (χ2n) is 5.33. The Kier molecular flexibility index (Phi) is 4.96. The molecule has 0 aliphatic carbocycles. The van der Waals surface area contributed by atoms with Crippen molar-refractivity contribution >= 4 is 29.0 Å². The number of carbonyl (C=O) groups is 2. The first kappa shape index (κ1) is 15.9. The average Bonchev–Trinajstić information content (AvgIpc) is 2.68. The Morgan fingerprint density at radius 1 is 1.29 bits per heavy atom. The van der Waals surface area contributed by atoms with Gasteiger partial charge in [0.1, 0.15) is 5.82 Å². The second kappa shape index (κ2) is 6.54. The Bertz CT molecular complexity index is 574. The summed E-state index contributed by atoms with van der Waals surface area (Å²) >= 11 is 5.89. The molecule has 2 rings (SSSR count). The lowest BCUT2D eigenvalue weighted by Crippen LogP contribution is -2.33. The van der Waals surface area contributed by atoms with E-state index >= 15 is 0 Å². The number of rotatable bonds is 6. The average molecular weight is 314 g/mol. The highest BCUT2D eigenvalue weighted by Crippen LogP contribution is 2.36. The standard InChI is InChI=1S/C15H17ClFNO3/c1-9(2)5-7-21-8-6-18-13-11(17)4-3-10(16)12(13)14(19)15(18)20/h3-4,9H,5-8H2,1-2H3. The molecule has 6 heteroatoms. The van der Waals surface area contributed by atoms with Crippen LogP contribution in [0.2, 0.25) is 5.02 Å². The predicted octanol–water partition coefficient (Wildman–Crippen LogP) is 3.07. The number of anilines is 1. The van der Waals surface area contributed by atoms with E-state index in [4.69, 9.17) is 16.3 Å². The van der Waals surface area contributed by atoms with Crippen molar-refractivity contribution in [1.29, 1.82) is 0 Å². The van der Waals surface area contributed by atoms with Crippen molar-refractivity contribution in [1.82, 2.24) is 0 Å². The molecule has 0 radical (unpaired) electrons. The van der Waals surface area contributed by atoms with Gasteiger partial charge < -0.3 is 4.74 Å². The van der Waals surface area contributed by atoms with Crippen molar-refractivity contribution in [2.45, 2.75) is 20.3 Å². The van der Waals surface area contributed by atoms with Crippen LogP contribution >= 0.6 is 11.6 Å². The lowest BCUT2D eigenvalue weighted by molar-refractivity contribution is -0.114. The molecule has 1 amide bonds. The van der Waals surface area contributed by atoms with E-state index in [9.17, 15) is 14.0 Å². The molecule has 4 nitrogen and oxygen atoms in total. The van der Waals surface area contributed by atoms with E-state index in [0.717, 1.165) is 17.4 Å². The number of carbonyl (C=O) groups excluding carboxylic acids is 2. The summed E-state index contributed by atoms with van der Waals surface area (Å²) in [6, 6.07) is 2.43. The number of fused-ring (bicyclic) bond motifs is 1. The number of benzene rings is 1. The smallest absolute Gasteiger partial charge is 0.299 e. The molecule has 0 spiro atoms. The Morgan fingerprint density at radius 2 is 2.00 bits per heavy atom. The monoisotopic (exact) mass is 313 g/mol. The maximum atomic E-state index is 13.9. The Morgan fingerprint density at radius 3 is 2.67 bits per heavy atom. The summed E-state index contributed by atoms with van der Waals surface area (Å²) in [5, 5.41) is 0.0907. The van der Waals surface area contributed by atoms with E-state index in [1.807, 2.05) is 0 Å². The van der Waals surface area contributed by atoms with E-state index in [2.05, 4.69) is 13.8 Å². The first-order valence-electron chi connectivity index (χ1n) is 6.85. The van der Waals surface area contributed by atoms with Gasteiger partial charge in [0.15, 0.2) is 0 Å². The first-order valence-corrected chi connectivity index (χ1v) is 7.23. The SMILES string of the molecule is CC(C)CCOCCN1C(=O)C(=O)c2c(Cl)ccc(F)c21. The number of Topliss-reactive ketones (excluding diaryl/α,β-unsaturated/α-hetero) is 1. The summed E-state index contributed by atoms with van der Waals surface area (Å²) in [5.41, 5.74) is -0.0891. The Labute approximate surface area is 127 Å². The molecule has 0 N–H and O–H groups in total. The van der Waals surface area contributed by atoms with Crippen LogP contribution in [0.15, 0.2) is 12.1 Å². The zero-order valence-electron chi connectivity index (χ0n) is 12.0. The van der Waals surface area contributed by atoms with Crippen molar-refractivity contribution in [3.05, 3.63) is 28.5 Å². The highest BCUT2D eigenvalue weighted by Gasteiger charge is 2.39. The van der Waals surface area contributed by atoms with Crippen LogP contribution in [-0.2, 0) is 9.53 Å². The van der Waals surface area contributed by atoms with Crippen LogP contribution < -0.4 is 4.90 Å². The van der Waals surface area contributed by atoms with Crippen LogP contribution in [0.1, 0.15) is 30.6 Å². The van der Waals surface area contributed by atoms with Crippen LogP contribution in [0.25, 0.3) is 0 Å². The molecule has 114 valence electrons. The number of ketones is 1. The van der Waals surface area contributed by atoms with Crippen LogP contribution in [0.3, 0.4) is 0 Å². The summed E-state index contributed by atoms with van der Waals surface area (Å²) in [5.74, 6) is -1.63. The zero-order valence-corrected chi connectivity index (χ0v) is 12.7. The van der Waals surface area contributed by atoms with E-state index in [1.165, 1.54) is 6.07 Å². The van der Waals surface area contributed by atoms with Crippen molar-refractivity contribution in [3.63, 3.8) is 0 Å². The molecular weight excluding hydrogens is 297 g/mol. The second-order valence-corrected chi connectivity index (χ2v) is 5.74. The minimum atomic E-state index is -0.767. The van der Waals surface area contributed by atoms with Gasteiger partial charge in [-0.3, -0.25) is 14.5 Å². The molecule has 0 fully saturated rings. The normalized spacial score (nSPS) is 14.2. The van der Waals surface area contributed by atoms with Crippen molar-refractivity contribution < 1.29 is 18.7 Å². The third-order valence-corrected chi connectivity index (χ3v) is 3.63. The third kappa shape index (κ3) is 3.24. The van der Waals surface area contributed by atoms with E-state index in [1.54, 1.807) is 0 Å². The van der Waals surface area contributed by atoms with E-state index < -0.39 is 17.5 Å². The zero-order chi connectivity index (χ0) is 15.6. The highest BCUT2D eigenvalue weighted by molar-refractivity contribution is 6.55. The van der Waals surface area contributed by atoms with E-state index in [0.29, 0.717) is 12.5 Å². The molecule has 0 bridgehead atoms. The van der Waals surface area contributed by atoms with Crippen LogP contribution in [0, 0.1) is 11.7 Å². The molecular formula is C15H17ClFNO3. The molecule has 1 aromatic carbocycles. The maximum Gasteiger partial charge on any atom is 0.299 e. The summed E-state index contributed by atoms with van der Waals surface area (Å²) in [6.07, 6.45) is 0.906. The Balaban J connectivity index is 2.07. The van der Waals surface area contributed by atoms with Crippen LogP contribution in [0.4, 0.5) is 10.1 Å². The van der Waals surface area contributed by atoms with Gasteiger partial charge in [-0.05, 0) is 24.5 Å². The quantitative estimate of drug-likeness (QED) is 0.599. The molecule has 1 aromatic rings. The maximum absolute atomic E-state index is 13.9. The molecule has 0 aromatic heterocycles. The van der Waals surface area contributed by atoms with Gasteiger partial charge in [0.05, 0.1) is 22.9 Å². The molecule has 0 saturated carbocycles. The fraction of sp³-hybridized carbons (Fsp3) is 0.467. The van der Waals surface area contributed by atoms with Gasteiger partial charge in [0.25, 0.3) is 11.7 Å². The molecule has 1 aliphatic heterocycles. The van der Waals surface area contributed by atoms with Crippen LogP contribution in [-0.4, -0.2) is 31.4 Å². The minimum Gasteiger partial charge on any atom is -0.380 e. The lowest BCUT2D eigenvalue weighted by Gasteiger charge is -2.17. The first-order chi connectivity index (χ1) is 9.93. The molecule has 0 atom stereocenters. The number of hydrogen-bond acceptors (Lipinski definition) is 3. The Hall–Kier alpha value is -1.46. The molecule has 0 saturated heterocycles. The molecule has 21 heavy (non-hydrogen) atoms. The van der Waals surface area contributed by atoms with Gasteiger partial charge >= 0.3 is 0 Å². The van der Waals surface area contributed by atoms with Gasteiger partial charge in [-0.1, -0.05) is 25.4 Å². The third-order valence-electron chi connectivity index (χ3n) is 3.31. The molecule has 1 aliphatic rings. The lowest BCUT2D eigenvalue weighted by atomic mass is 10.1. The number of hydrogen-bond donors (Lipinski definition) is 0. The van der Waals surface area contributed by atoms with Gasteiger partial charge in [-0.15, -0.1) is 0 Å². The number of nitrogens with zero attached hydrogens (tertiary/aromatic N) is 1.